The van der Waals surface area contributed by atoms with Crippen LogP contribution in [0.3, 0.4) is 0 Å². The van der Waals surface area contributed by atoms with Gasteiger partial charge in [-0.25, -0.2) is 0 Å². The summed E-state index contributed by atoms with van der Waals surface area (Å²) in [5.74, 6) is 0.333. The van der Waals surface area contributed by atoms with Gasteiger partial charge in [0.15, 0.2) is 6.61 Å². The average molecular weight is 272 g/mol. The summed E-state index contributed by atoms with van der Waals surface area (Å²) >= 11 is 0. The van der Waals surface area contributed by atoms with E-state index >= 15 is 0 Å². The summed E-state index contributed by atoms with van der Waals surface area (Å²) in [5, 5.41) is 11.9. The van der Waals surface area contributed by atoms with Crippen molar-refractivity contribution in [2.75, 3.05) is 13.2 Å². The van der Waals surface area contributed by atoms with Crippen molar-refractivity contribution in [3.05, 3.63) is 29.8 Å². The Bertz CT molecular complexity index is 515. The van der Waals surface area contributed by atoms with Crippen LogP contribution in [0.5, 0.6) is 5.75 Å². The molecule has 0 radical (unpaired) electrons. The second-order valence-corrected chi connectivity index (χ2v) is 5.42. The van der Waals surface area contributed by atoms with Crippen molar-refractivity contribution in [1.82, 2.24) is 5.32 Å². The van der Waals surface area contributed by atoms with E-state index < -0.39 is 0 Å². The summed E-state index contributed by atoms with van der Waals surface area (Å²) in [6.45, 7) is 2.87. The number of hydrogen-bond acceptors (Lipinski definition) is 3. The zero-order valence-corrected chi connectivity index (χ0v) is 11.8. The van der Waals surface area contributed by atoms with Crippen LogP contribution in [0.25, 0.3) is 0 Å². The maximum atomic E-state index is 11.8. The highest BCUT2D eigenvalue weighted by Gasteiger charge is 2.41. The smallest absolute Gasteiger partial charge is 0.257 e. The van der Waals surface area contributed by atoms with Gasteiger partial charge in [0.05, 0.1) is 5.56 Å². The number of rotatable bonds is 7. The molecule has 0 aromatic heterocycles. The number of amides is 1. The maximum absolute atomic E-state index is 11.8. The first-order valence-corrected chi connectivity index (χ1v) is 7.08. The van der Waals surface area contributed by atoms with Crippen LogP contribution in [0.4, 0.5) is 0 Å². The third kappa shape index (κ3) is 3.74. The van der Waals surface area contributed by atoms with Gasteiger partial charge in [0.2, 0.25) is 0 Å². The molecule has 1 saturated carbocycles. The molecule has 1 amide bonds. The topological polar surface area (TPSA) is 62.1 Å². The summed E-state index contributed by atoms with van der Waals surface area (Å²) in [6, 6.07) is 8.98. The van der Waals surface area contributed by atoms with E-state index in [2.05, 4.69) is 12.2 Å². The van der Waals surface area contributed by atoms with Gasteiger partial charge < -0.3 is 10.1 Å². The first-order chi connectivity index (χ1) is 9.69. The lowest BCUT2D eigenvalue weighted by molar-refractivity contribution is -0.123. The van der Waals surface area contributed by atoms with Gasteiger partial charge in [0.1, 0.15) is 11.8 Å². The van der Waals surface area contributed by atoms with Gasteiger partial charge in [0.25, 0.3) is 5.91 Å². The first-order valence-electron chi connectivity index (χ1n) is 7.08. The van der Waals surface area contributed by atoms with E-state index in [1.807, 2.05) is 6.07 Å². The Morgan fingerprint density at radius 3 is 2.85 bits per heavy atom. The van der Waals surface area contributed by atoms with Crippen molar-refractivity contribution in [3.8, 4) is 11.8 Å². The minimum Gasteiger partial charge on any atom is -0.482 e. The van der Waals surface area contributed by atoms with E-state index in [4.69, 9.17) is 10.00 Å². The van der Waals surface area contributed by atoms with E-state index in [-0.39, 0.29) is 12.5 Å². The van der Waals surface area contributed by atoms with Crippen molar-refractivity contribution < 1.29 is 9.53 Å². The fourth-order valence-corrected chi connectivity index (χ4v) is 2.39. The minimum atomic E-state index is -0.125. The molecule has 1 fully saturated rings. The molecule has 4 heteroatoms. The first kappa shape index (κ1) is 14.4. The molecule has 0 bridgehead atoms. The largest absolute Gasteiger partial charge is 0.482 e. The van der Waals surface area contributed by atoms with Crippen LogP contribution in [0.1, 0.15) is 38.2 Å². The highest BCUT2D eigenvalue weighted by Crippen LogP contribution is 2.48. The normalized spacial score (nSPS) is 15.2. The second-order valence-electron chi connectivity index (χ2n) is 5.42. The molecule has 20 heavy (non-hydrogen) atoms. The molecular weight excluding hydrogens is 252 g/mol. The molecule has 1 aliphatic carbocycles. The van der Waals surface area contributed by atoms with Gasteiger partial charge in [-0.2, -0.15) is 5.26 Å². The summed E-state index contributed by atoms with van der Waals surface area (Å²) in [7, 11) is 0. The Hall–Kier alpha value is -2.02. The fourth-order valence-electron chi connectivity index (χ4n) is 2.39. The number of ether oxygens (including phenoxy) is 1. The zero-order chi connectivity index (χ0) is 14.4. The highest BCUT2D eigenvalue weighted by molar-refractivity contribution is 5.77. The number of nitrogens with one attached hydrogen (secondary N) is 1. The van der Waals surface area contributed by atoms with Crippen LogP contribution in [0, 0.1) is 16.7 Å². The molecule has 106 valence electrons. The third-order valence-corrected chi connectivity index (χ3v) is 3.76. The molecule has 0 spiro atoms. The number of carbonyl (C=O) groups is 1. The molecule has 1 aromatic rings. The summed E-state index contributed by atoms with van der Waals surface area (Å²) in [5.41, 5.74) is 0.791. The zero-order valence-electron chi connectivity index (χ0n) is 11.8. The Morgan fingerprint density at radius 1 is 1.45 bits per heavy atom. The van der Waals surface area contributed by atoms with Gasteiger partial charge in [-0.1, -0.05) is 25.5 Å². The third-order valence-electron chi connectivity index (χ3n) is 3.76. The second kappa shape index (κ2) is 6.42. The molecule has 0 heterocycles. The van der Waals surface area contributed by atoms with Crippen molar-refractivity contribution in [1.29, 1.82) is 5.26 Å². The lowest BCUT2D eigenvalue weighted by Gasteiger charge is -2.15. The average Bonchev–Trinajstić information content (AvgIpc) is 3.24. The van der Waals surface area contributed by atoms with Gasteiger partial charge >= 0.3 is 0 Å². The Morgan fingerprint density at radius 2 is 2.20 bits per heavy atom. The summed E-state index contributed by atoms with van der Waals surface area (Å²) < 4.78 is 5.40. The van der Waals surface area contributed by atoms with Crippen LogP contribution < -0.4 is 10.1 Å². The van der Waals surface area contributed by atoms with Crippen LogP contribution in [-0.2, 0) is 4.79 Å². The van der Waals surface area contributed by atoms with Crippen molar-refractivity contribution in [2.45, 2.75) is 32.6 Å². The molecule has 1 N–H and O–H groups in total. The van der Waals surface area contributed by atoms with Crippen LogP contribution in [0.15, 0.2) is 24.3 Å². The molecule has 0 atom stereocenters. The molecule has 1 aromatic carbocycles. The van der Waals surface area contributed by atoms with E-state index in [1.165, 1.54) is 19.3 Å². The number of nitriles is 1. The monoisotopic (exact) mass is 272 g/mol. The number of carbonyl (C=O) groups excluding carboxylic acids is 1. The molecule has 2 rings (SSSR count). The van der Waals surface area contributed by atoms with Gasteiger partial charge in [-0.3, -0.25) is 4.79 Å². The minimum absolute atomic E-state index is 0.0408. The van der Waals surface area contributed by atoms with E-state index in [0.29, 0.717) is 16.7 Å². The van der Waals surface area contributed by atoms with E-state index in [0.717, 1.165) is 13.0 Å². The molecule has 1 aliphatic rings. The van der Waals surface area contributed by atoms with Gasteiger partial charge in [-0.05, 0) is 36.8 Å². The van der Waals surface area contributed by atoms with Gasteiger partial charge in [-0.15, -0.1) is 0 Å². The molecule has 0 saturated heterocycles. The summed E-state index contributed by atoms with van der Waals surface area (Å²) in [6.07, 6.45) is 4.74. The predicted octanol–water partition coefficient (Wildman–Crippen LogP) is 2.63. The van der Waals surface area contributed by atoms with Crippen LogP contribution in [-0.4, -0.2) is 19.1 Å². The Balaban J connectivity index is 1.77. The number of para-hydroxylation sites is 1. The molecule has 0 unspecified atom stereocenters. The number of benzene rings is 1. The fraction of sp³-hybridized carbons (Fsp3) is 0.500. The van der Waals surface area contributed by atoms with Crippen molar-refractivity contribution in [2.24, 2.45) is 5.41 Å². The SMILES string of the molecule is CCCC1(CNC(=O)COc2ccccc2C#N)CC1. The number of nitrogens with zero attached hydrogens (tertiary/aromatic N) is 1. The summed E-state index contributed by atoms with van der Waals surface area (Å²) in [4.78, 5) is 11.8. The van der Waals surface area contributed by atoms with Gasteiger partial charge in [0, 0.05) is 6.54 Å². The van der Waals surface area contributed by atoms with Crippen LogP contribution >= 0.6 is 0 Å². The Labute approximate surface area is 119 Å². The molecular formula is C16H20N2O2. The standard InChI is InChI=1S/C16H20N2O2/c1-2-7-16(8-9-16)12-18-15(19)11-20-14-6-4-3-5-13(14)10-17/h3-6H,2,7-9,11-12H2,1H3,(H,18,19). The maximum Gasteiger partial charge on any atom is 0.257 e. The predicted molar refractivity (Wildman–Crippen MR) is 76.2 cm³/mol. The number of hydrogen-bond donors (Lipinski definition) is 1. The molecule has 0 aliphatic heterocycles. The highest BCUT2D eigenvalue weighted by atomic mass is 16.5. The lowest BCUT2D eigenvalue weighted by atomic mass is 10.0. The van der Waals surface area contributed by atoms with Crippen molar-refractivity contribution in [3.63, 3.8) is 0 Å². The van der Waals surface area contributed by atoms with Crippen LogP contribution in [0.2, 0.25) is 0 Å². The van der Waals surface area contributed by atoms with Crippen molar-refractivity contribution >= 4 is 5.91 Å². The van der Waals surface area contributed by atoms with E-state index in [9.17, 15) is 4.79 Å². The lowest BCUT2D eigenvalue weighted by Crippen LogP contribution is -2.33. The Kier molecular flexibility index (Phi) is 4.62. The molecule has 4 nitrogen and oxygen atoms in total. The van der Waals surface area contributed by atoms with E-state index in [1.54, 1.807) is 24.3 Å². The quantitative estimate of drug-likeness (QED) is 0.830.